The van der Waals surface area contributed by atoms with E-state index in [1.54, 1.807) is 18.0 Å². The summed E-state index contributed by atoms with van der Waals surface area (Å²) >= 11 is 1.70. The molecule has 7 heteroatoms. The predicted octanol–water partition coefficient (Wildman–Crippen LogP) is 5.64. The lowest BCUT2D eigenvalue weighted by Crippen LogP contribution is -2.22. The molecule has 2 atom stereocenters. The first-order chi connectivity index (χ1) is 15.2. The fourth-order valence-electron chi connectivity index (χ4n) is 4.44. The lowest BCUT2D eigenvalue weighted by molar-refractivity contribution is 0.247. The summed E-state index contributed by atoms with van der Waals surface area (Å²) in [6, 6.07) is 12.5. The summed E-state index contributed by atoms with van der Waals surface area (Å²) in [4.78, 5) is 13.9. The summed E-state index contributed by atoms with van der Waals surface area (Å²) in [7, 11) is 0. The maximum Gasteiger partial charge on any atom is 0.192 e. The van der Waals surface area contributed by atoms with Gasteiger partial charge in [-0.25, -0.2) is 9.97 Å². The van der Waals surface area contributed by atoms with Crippen LogP contribution in [0.5, 0.6) is 0 Å². The first kappa shape index (κ1) is 20.1. The Balaban J connectivity index is 1.49. The van der Waals surface area contributed by atoms with Crippen molar-refractivity contribution in [1.29, 1.82) is 0 Å². The van der Waals surface area contributed by atoms with E-state index in [1.807, 2.05) is 43.5 Å². The van der Waals surface area contributed by atoms with Gasteiger partial charge in [-0.3, -0.25) is 9.55 Å². The topological polar surface area (TPSA) is 69.4 Å². The molecule has 31 heavy (non-hydrogen) atoms. The zero-order valence-electron chi connectivity index (χ0n) is 17.9. The van der Waals surface area contributed by atoms with Crippen LogP contribution < -0.4 is 0 Å². The second-order valence-corrected chi connectivity index (χ2v) is 9.22. The zero-order valence-corrected chi connectivity index (χ0v) is 18.7. The van der Waals surface area contributed by atoms with E-state index in [0.29, 0.717) is 12.0 Å². The number of fused-ring (bicyclic) bond motifs is 1. The summed E-state index contributed by atoms with van der Waals surface area (Å²) in [6.07, 6.45) is 8.63. The van der Waals surface area contributed by atoms with Crippen LogP contribution in [-0.2, 0) is 5.75 Å². The standard InChI is InChI=1S/C24H26N6S/c1-16-8-3-6-12-22(16)30-23(18-9-7-13-25-14-18)28-29-24(30)31-15-21-17(2)26-19-10-4-5-11-20(19)27-21/h4-5,7,9-11,13-14,16,22H,3,6,8,12,15H2,1-2H3. The molecule has 0 amide bonds. The van der Waals surface area contributed by atoms with Gasteiger partial charge < -0.3 is 0 Å². The highest BCUT2D eigenvalue weighted by molar-refractivity contribution is 7.98. The van der Waals surface area contributed by atoms with Gasteiger partial charge in [0.25, 0.3) is 0 Å². The van der Waals surface area contributed by atoms with Gasteiger partial charge in [0.15, 0.2) is 11.0 Å². The lowest BCUT2D eigenvalue weighted by atomic mass is 9.85. The molecule has 0 aliphatic heterocycles. The maximum absolute atomic E-state index is 4.86. The van der Waals surface area contributed by atoms with E-state index in [9.17, 15) is 0 Å². The van der Waals surface area contributed by atoms with Crippen molar-refractivity contribution in [3.63, 3.8) is 0 Å². The van der Waals surface area contributed by atoms with E-state index in [4.69, 9.17) is 9.97 Å². The van der Waals surface area contributed by atoms with Crippen molar-refractivity contribution in [2.24, 2.45) is 5.92 Å². The Kier molecular flexibility index (Phi) is 5.68. The van der Waals surface area contributed by atoms with Crippen LogP contribution in [-0.4, -0.2) is 29.7 Å². The molecule has 6 nitrogen and oxygen atoms in total. The third-order valence-electron chi connectivity index (χ3n) is 6.16. The Morgan fingerprint density at radius 2 is 1.81 bits per heavy atom. The molecular formula is C24H26N6S. The van der Waals surface area contributed by atoms with E-state index in [2.05, 4.69) is 32.7 Å². The van der Waals surface area contributed by atoms with Gasteiger partial charge in [0.2, 0.25) is 0 Å². The summed E-state index contributed by atoms with van der Waals surface area (Å²) in [5, 5.41) is 10.2. The van der Waals surface area contributed by atoms with Crippen LogP contribution in [0.4, 0.5) is 0 Å². The number of para-hydroxylation sites is 2. The third kappa shape index (κ3) is 4.06. The number of pyridine rings is 1. The molecule has 158 valence electrons. The number of nitrogens with zero attached hydrogens (tertiary/aromatic N) is 6. The van der Waals surface area contributed by atoms with Crippen LogP contribution in [0.3, 0.4) is 0 Å². The molecule has 1 aromatic carbocycles. The second kappa shape index (κ2) is 8.75. The molecule has 3 heterocycles. The van der Waals surface area contributed by atoms with Gasteiger partial charge in [0, 0.05) is 29.8 Å². The first-order valence-electron chi connectivity index (χ1n) is 10.9. The molecule has 5 rings (SSSR count). The number of aromatic nitrogens is 6. The number of hydrogen-bond acceptors (Lipinski definition) is 6. The van der Waals surface area contributed by atoms with Crippen molar-refractivity contribution in [3.8, 4) is 11.4 Å². The molecule has 0 spiro atoms. The number of rotatable bonds is 5. The first-order valence-corrected chi connectivity index (χ1v) is 11.9. The number of aryl methyl sites for hydroxylation is 1. The van der Waals surface area contributed by atoms with E-state index >= 15 is 0 Å². The van der Waals surface area contributed by atoms with Crippen molar-refractivity contribution in [1.82, 2.24) is 29.7 Å². The Hall–Kier alpha value is -2.80. The van der Waals surface area contributed by atoms with Crippen LogP contribution in [0.25, 0.3) is 22.4 Å². The lowest BCUT2D eigenvalue weighted by Gasteiger charge is -2.31. The largest absolute Gasteiger partial charge is 0.299 e. The minimum Gasteiger partial charge on any atom is -0.299 e. The van der Waals surface area contributed by atoms with Crippen molar-refractivity contribution in [2.45, 2.75) is 56.5 Å². The third-order valence-corrected chi connectivity index (χ3v) is 7.12. The van der Waals surface area contributed by atoms with Gasteiger partial charge in [-0.15, -0.1) is 10.2 Å². The van der Waals surface area contributed by atoms with Gasteiger partial charge >= 0.3 is 0 Å². The average Bonchev–Trinajstić information content (AvgIpc) is 3.22. The molecule has 0 saturated heterocycles. The van der Waals surface area contributed by atoms with E-state index in [-0.39, 0.29) is 0 Å². The smallest absolute Gasteiger partial charge is 0.192 e. The van der Waals surface area contributed by atoms with E-state index < -0.39 is 0 Å². The highest BCUT2D eigenvalue weighted by Gasteiger charge is 2.28. The summed E-state index contributed by atoms with van der Waals surface area (Å²) in [5.74, 6) is 2.23. The molecule has 1 aliphatic carbocycles. The Labute approximate surface area is 186 Å². The van der Waals surface area contributed by atoms with Gasteiger partial charge in [0.05, 0.1) is 22.4 Å². The molecular weight excluding hydrogens is 404 g/mol. The van der Waals surface area contributed by atoms with Gasteiger partial charge in [-0.2, -0.15) is 0 Å². The Bertz CT molecular complexity index is 1190. The number of hydrogen-bond donors (Lipinski definition) is 0. The number of benzene rings is 1. The molecule has 4 aromatic rings. The van der Waals surface area contributed by atoms with Crippen LogP contribution in [0.15, 0.2) is 53.9 Å². The zero-order chi connectivity index (χ0) is 21.2. The monoisotopic (exact) mass is 430 g/mol. The molecule has 1 aliphatic rings. The SMILES string of the molecule is Cc1nc2ccccc2nc1CSc1nnc(-c2cccnc2)n1C1CCCCC1C. The summed E-state index contributed by atoms with van der Waals surface area (Å²) in [6.45, 7) is 4.38. The van der Waals surface area contributed by atoms with Gasteiger partial charge in [-0.05, 0) is 49.9 Å². The van der Waals surface area contributed by atoms with Crippen LogP contribution in [0.2, 0.25) is 0 Å². The number of thioether (sulfide) groups is 1. The van der Waals surface area contributed by atoms with Gasteiger partial charge in [-0.1, -0.05) is 43.7 Å². The molecule has 3 aromatic heterocycles. The fraction of sp³-hybridized carbons (Fsp3) is 0.375. The second-order valence-electron chi connectivity index (χ2n) is 8.28. The van der Waals surface area contributed by atoms with Crippen LogP contribution in [0, 0.1) is 12.8 Å². The minimum atomic E-state index is 0.408. The minimum absolute atomic E-state index is 0.408. The molecule has 1 fully saturated rings. The van der Waals surface area contributed by atoms with Crippen molar-refractivity contribution in [3.05, 3.63) is 60.2 Å². The predicted molar refractivity (Wildman–Crippen MR) is 124 cm³/mol. The highest BCUT2D eigenvalue weighted by Crippen LogP contribution is 2.39. The van der Waals surface area contributed by atoms with Crippen LogP contribution in [0.1, 0.15) is 50.0 Å². The van der Waals surface area contributed by atoms with Crippen LogP contribution >= 0.6 is 11.8 Å². The molecule has 2 unspecified atom stereocenters. The Morgan fingerprint density at radius 1 is 1.00 bits per heavy atom. The van der Waals surface area contributed by atoms with E-state index in [0.717, 1.165) is 51.1 Å². The van der Waals surface area contributed by atoms with Crippen molar-refractivity contribution in [2.75, 3.05) is 0 Å². The van der Waals surface area contributed by atoms with E-state index in [1.165, 1.54) is 19.3 Å². The molecule has 0 radical (unpaired) electrons. The Morgan fingerprint density at radius 3 is 2.58 bits per heavy atom. The van der Waals surface area contributed by atoms with Crippen molar-refractivity contribution < 1.29 is 0 Å². The van der Waals surface area contributed by atoms with Gasteiger partial charge in [0.1, 0.15) is 0 Å². The summed E-state index contributed by atoms with van der Waals surface area (Å²) in [5.41, 5.74) is 4.85. The highest BCUT2D eigenvalue weighted by atomic mass is 32.2. The average molecular weight is 431 g/mol. The summed E-state index contributed by atoms with van der Waals surface area (Å²) < 4.78 is 2.36. The fourth-order valence-corrected chi connectivity index (χ4v) is 5.44. The quantitative estimate of drug-likeness (QED) is 0.382. The maximum atomic E-state index is 4.86. The normalized spacial score (nSPS) is 19.0. The molecule has 0 N–H and O–H groups in total. The van der Waals surface area contributed by atoms with Crippen molar-refractivity contribution >= 4 is 22.8 Å². The molecule has 0 bridgehead atoms. The molecule has 1 saturated carbocycles.